The van der Waals surface area contributed by atoms with Crippen LogP contribution in [0, 0.1) is 5.82 Å². The van der Waals surface area contributed by atoms with Gasteiger partial charge in [-0.05, 0) is 42.0 Å². The molecule has 7 heteroatoms. The van der Waals surface area contributed by atoms with E-state index in [9.17, 15) is 9.18 Å². The molecule has 0 aliphatic rings. The molecule has 4 aromatic rings. The summed E-state index contributed by atoms with van der Waals surface area (Å²) in [6.07, 6.45) is 3.43. The number of aromatic nitrogens is 2. The van der Waals surface area contributed by atoms with Crippen LogP contribution in [-0.4, -0.2) is 15.9 Å². The van der Waals surface area contributed by atoms with Gasteiger partial charge in [-0.3, -0.25) is 15.1 Å². The van der Waals surface area contributed by atoms with Crippen LogP contribution in [0.2, 0.25) is 0 Å². The smallest absolute Gasteiger partial charge is 0.267 e. The van der Waals surface area contributed by atoms with Gasteiger partial charge in [0.2, 0.25) is 0 Å². The van der Waals surface area contributed by atoms with Gasteiger partial charge in [-0.1, -0.05) is 12.1 Å². The van der Waals surface area contributed by atoms with Crippen molar-refractivity contribution in [3.05, 3.63) is 77.0 Å². The summed E-state index contributed by atoms with van der Waals surface area (Å²) in [5.74, 6) is -0.494. The van der Waals surface area contributed by atoms with E-state index >= 15 is 0 Å². The SMILES string of the molecule is O=C(Nc1nc(-c2cccnc2)cs1)c1ccc(-c2ccc(F)cc2)s1. The zero-order valence-electron chi connectivity index (χ0n) is 13.3. The fourth-order valence-electron chi connectivity index (χ4n) is 2.37. The number of thiophene rings is 1. The van der Waals surface area contributed by atoms with Crippen LogP contribution in [0.4, 0.5) is 9.52 Å². The predicted molar refractivity (Wildman–Crippen MR) is 103 cm³/mol. The minimum Gasteiger partial charge on any atom is -0.297 e. The lowest BCUT2D eigenvalue weighted by molar-refractivity contribution is 0.103. The average Bonchev–Trinajstić information content (AvgIpc) is 3.33. The standard InChI is InChI=1S/C19H12FN3OS2/c20-14-5-3-12(4-6-14)16-7-8-17(26-16)18(24)23-19-22-15(11-25-19)13-2-1-9-21-10-13/h1-11H,(H,22,23,24). The van der Waals surface area contributed by atoms with Crippen molar-refractivity contribution in [3.63, 3.8) is 0 Å². The zero-order valence-corrected chi connectivity index (χ0v) is 15.0. The average molecular weight is 381 g/mol. The Hall–Kier alpha value is -2.90. The highest BCUT2D eigenvalue weighted by atomic mass is 32.1. The van der Waals surface area contributed by atoms with Gasteiger partial charge < -0.3 is 0 Å². The monoisotopic (exact) mass is 381 g/mol. The highest BCUT2D eigenvalue weighted by Gasteiger charge is 2.13. The number of hydrogen-bond acceptors (Lipinski definition) is 5. The number of benzene rings is 1. The molecule has 0 bridgehead atoms. The van der Waals surface area contributed by atoms with E-state index in [0.717, 1.165) is 21.7 Å². The van der Waals surface area contributed by atoms with Crippen LogP contribution in [0.15, 0.2) is 66.3 Å². The Kier molecular flexibility index (Phi) is 4.55. The van der Waals surface area contributed by atoms with E-state index < -0.39 is 0 Å². The van der Waals surface area contributed by atoms with Crippen LogP contribution in [0.5, 0.6) is 0 Å². The van der Waals surface area contributed by atoms with E-state index in [1.165, 1.54) is 34.8 Å². The molecule has 0 aliphatic carbocycles. The number of pyridine rings is 1. The van der Waals surface area contributed by atoms with Crippen LogP contribution in [0.3, 0.4) is 0 Å². The Morgan fingerprint density at radius 1 is 1.04 bits per heavy atom. The number of anilines is 1. The van der Waals surface area contributed by atoms with Crippen molar-refractivity contribution in [2.75, 3.05) is 5.32 Å². The third kappa shape index (κ3) is 3.54. The number of amides is 1. The zero-order chi connectivity index (χ0) is 17.9. The third-order valence-electron chi connectivity index (χ3n) is 3.64. The van der Waals surface area contributed by atoms with E-state index in [1.54, 1.807) is 30.6 Å². The molecule has 1 amide bonds. The first-order chi connectivity index (χ1) is 12.7. The maximum Gasteiger partial charge on any atom is 0.267 e. The van der Waals surface area contributed by atoms with Gasteiger partial charge in [-0.15, -0.1) is 22.7 Å². The Bertz CT molecular complexity index is 1040. The summed E-state index contributed by atoms with van der Waals surface area (Å²) >= 11 is 2.72. The molecule has 0 aliphatic heterocycles. The summed E-state index contributed by atoms with van der Waals surface area (Å²) in [5.41, 5.74) is 2.55. The molecule has 0 unspecified atom stereocenters. The lowest BCUT2D eigenvalue weighted by Gasteiger charge is -1.99. The lowest BCUT2D eigenvalue weighted by Crippen LogP contribution is -2.09. The first-order valence-electron chi connectivity index (χ1n) is 7.72. The normalized spacial score (nSPS) is 10.7. The summed E-state index contributed by atoms with van der Waals surface area (Å²) in [7, 11) is 0. The Morgan fingerprint density at radius 2 is 1.88 bits per heavy atom. The van der Waals surface area contributed by atoms with Gasteiger partial charge in [-0.25, -0.2) is 9.37 Å². The number of carbonyl (C=O) groups excluding carboxylic acids is 1. The molecule has 3 aromatic heterocycles. The van der Waals surface area contributed by atoms with Crippen LogP contribution < -0.4 is 5.32 Å². The molecule has 4 nitrogen and oxygen atoms in total. The van der Waals surface area contributed by atoms with Crippen molar-refractivity contribution >= 4 is 33.7 Å². The second-order valence-electron chi connectivity index (χ2n) is 5.40. The van der Waals surface area contributed by atoms with Gasteiger partial charge in [0.25, 0.3) is 5.91 Å². The first kappa shape index (κ1) is 16.6. The van der Waals surface area contributed by atoms with E-state index in [0.29, 0.717) is 10.0 Å². The van der Waals surface area contributed by atoms with Gasteiger partial charge in [0.1, 0.15) is 5.82 Å². The van der Waals surface area contributed by atoms with Gasteiger partial charge in [-0.2, -0.15) is 0 Å². The van der Waals surface area contributed by atoms with Crippen LogP contribution in [0.1, 0.15) is 9.67 Å². The quantitative estimate of drug-likeness (QED) is 0.520. The summed E-state index contributed by atoms with van der Waals surface area (Å²) in [4.78, 5) is 22.4. The summed E-state index contributed by atoms with van der Waals surface area (Å²) < 4.78 is 13.0. The number of carbonyl (C=O) groups is 1. The molecule has 26 heavy (non-hydrogen) atoms. The summed E-state index contributed by atoms with van der Waals surface area (Å²) in [6, 6.07) is 13.6. The number of thiazole rings is 1. The number of rotatable bonds is 4. The number of hydrogen-bond donors (Lipinski definition) is 1. The Labute approximate surface area is 157 Å². The Morgan fingerprint density at radius 3 is 2.65 bits per heavy atom. The van der Waals surface area contributed by atoms with Crippen molar-refractivity contribution in [2.24, 2.45) is 0 Å². The third-order valence-corrected chi connectivity index (χ3v) is 5.53. The molecule has 0 fully saturated rings. The number of nitrogens with zero attached hydrogens (tertiary/aromatic N) is 2. The lowest BCUT2D eigenvalue weighted by atomic mass is 10.2. The fraction of sp³-hybridized carbons (Fsp3) is 0. The minimum atomic E-state index is -0.281. The fourth-order valence-corrected chi connectivity index (χ4v) is 3.99. The summed E-state index contributed by atoms with van der Waals surface area (Å²) in [5, 5.41) is 5.23. The molecule has 3 heterocycles. The molecule has 4 rings (SSSR count). The van der Waals surface area contributed by atoms with Crippen LogP contribution >= 0.6 is 22.7 Å². The molecule has 0 atom stereocenters. The molecular weight excluding hydrogens is 369 g/mol. The van der Waals surface area contributed by atoms with E-state index in [4.69, 9.17) is 0 Å². The molecular formula is C19H12FN3OS2. The van der Waals surface area contributed by atoms with Gasteiger partial charge in [0, 0.05) is 28.2 Å². The molecule has 1 N–H and O–H groups in total. The van der Waals surface area contributed by atoms with Crippen molar-refractivity contribution in [1.82, 2.24) is 9.97 Å². The van der Waals surface area contributed by atoms with Gasteiger partial charge >= 0.3 is 0 Å². The van der Waals surface area contributed by atoms with E-state index in [2.05, 4.69) is 15.3 Å². The second-order valence-corrected chi connectivity index (χ2v) is 7.35. The summed E-state index contributed by atoms with van der Waals surface area (Å²) in [6.45, 7) is 0. The topological polar surface area (TPSA) is 54.9 Å². The van der Waals surface area contributed by atoms with Gasteiger partial charge in [0.15, 0.2) is 5.13 Å². The van der Waals surface area contributed by atoms with E-state index in [-0.39, 0.29) is 11.7 Å². The molecule has 0 radical (unpaired) electrons. The predicted octanol–water partition coefficient (Wildman–Crippen LogP) is 5.33. The maximum atomic E-state index is 13.0. The van der Waals surface area contributed by atoms with E-state index in [1.807, 2.05) is 23.6 Å². The highest BCUT2D eigenvalue weighted by molar-refractivity contribution is 7.17. The van der Waals surface area contributed by atoms with Crippen molar-refractivity contribution in [1.29, 1.82) is 0 Å². The van der Waals surface area contributed by atoms with Gasteiger partial charge in [0.05, 0.1) is 10.6 Å². The van der Waals surface area contributed by atoms with Crippen molar-refractivity contribution in [2.45, 2.75) is 0 Å². The molecule has 1 aromatic carbocycles. The largest absolute Gasteiger partial charge is 0.297 e. The van der Waals surface area contributed by atoms with Crippen molar-refractivity contribution in [3.8, 4) is 21.7 Å². The van der Waals surface area contributed by atoms with Crippen LogP contribution in [-0.2, 0) is 0 Å². The van der Waals surface area contributed by atoms with Crippen molar-refractivity contribution < 1.29 is 9.18 Å². The minimum absolute atomic E-state index is 0.213. The number of halogens is 1. The van der Waals surface area contributed by atoms with Crippen LogP contribution in [0.25, 0.3) is 21.7 Å². The molecule has 128 valence electrons. The molecule has 0 spiro atoms. The maximum absolute atomic E-state index is 13.0. The molecule has 0 saturated carbocycles. The Balaban J connectivity index is 1.49. The molecule has 0 saturated heterocycles. The first-order valence-corrected chi connectivity index (χ1v) is 9.42. The highest BCUT2D eigenvalue weighted by Crippen LogP contribution is 2.29. The second kappa shape index (κ2) is 7.15. The number of nitrogens with one attached hydrogen (secondary N) is 1.